The van der Waals surface area contributed by atoms with E-state index in [2.05, 4.69) is 0 Å². The number of methoxy groups -OCH3 is 1. The monoisotopic (exact) mass is 204 g/mol. The Hall–Kier alpha value is -1.53. The number of hydrogen-bond acceptors (Lipinski definition) is 3. The summed E-state index contributed by atoms with van der Waals surface area (Å²) in [6.07, 6.45) is 0.529. The maximum atomic E-state index is 8.67. The number of ether oxygens (including phenoxy) is 1. The minimum absolute atomic E-state index is 0.471. The van der Waals surface area contributed by atoms with Crippen molar-refractivity contribution < 1.29 is 4.74 Å². The Morgan fingerprint density at radius 3 is 2.53 bits per heavy atom. The molecular weight excluding hydrogens is 188 g/mol. The molecule has 0 bridgehead atoms. The Kier molecular flexibility index (Phi) is 3.70. The summed E-state index contributed by atoms with van der Waals surface area (Å²) >= 11 is 0. The first-order chi connectivity index (χ1) is 7.08. The second-order valence-electron chi connectivity index (χ2n) is 3.69. The zero-order chi connectivity index (χ0) is 11.4. The van der Waals surface area contributed by atoms with Gasteiger partial charge < -0.3 is 10.5 Å². The quantitative estimate of drug-likeness (QED) is 0.815. The predicted molar refractivity (Wildman–Crippen MR) is 59.8 cm³/mol. The summed E-state index contributed by atoms with van der Waals surface area (Å²) in [7, 11) is 1.63. The van der Waals surface area contributed by atoms with E-state index in [0.29, 0.717) is 6.42 Å². The lowest BCUT2D eigenvalue weighted by molar-refractivity contribution is 0.408. The van der Waals surface area contributed by atoms with Crippen molar-refractivity contribution in [1.82, 2.24) is 0 Å². The maximum absolute atomic E-state index is 8.67. The summed E-state index contributed by atoms with van der Waals surface area (Å²) in [4.78, 5) is 0. The van der Waals surface area contributed by atoms with Crippen LogP contribution < -0.4 is 10.5 Å². The lowest BCUT2D eigenvalue weighted by atomic mass is 10.0. The minimum atomic E-state index is -0.471. The van der Waals surface area contributed by atoms with Crippen LogP contribution in [0.5, 0.6) is 5.75 Å². The van der Waals surface area contributed by atoms with E-state index in [9.17, 15) is 0 Å². The van der Waals surface area contributed by atoms with E-state index in [4.69, 9.17) is 15.7 Å². The van der Waals surface area contributed by atoms with E-state index >= 15 is 0 Å². The first-order valence-corrected chi connectivity index (χ1v) is 4.87. The van der Waals surface area contributed by atoms with E-state index in [1.807, 2.05) is 32.0 Å². The molecule has 3 nitrogen and oxygen atoms in total. The zero-order valence-corrected chi connectivity index (χ0v) is 9.37. The van der Waals surface area contributed by atoms with Gasteiger partial charge in [-0.05, 0) is 36.6 Å². The van der Waals surface area contributed by atoms with Crippen molar-refractivity contribution in [3.63, 3.8) is 0 Å². The van der Waals surface area contributed by atoms with Crippen LogP contribution in [-0.2, 0) is 6.42 Å². The first kappa shape index (κ1) is 11.5. The highest BCUT2D eigenvalue weighted by Gasteiger charge is 2.09. The summed E-state index contributed by atoms with van der Waals surface area (Å²) in [6, 6.07) is 5.56. The van der Waals surface area contributed by atoms with Gasteiger partial charge in [0.25, 0.3) is 0 Å². The van der Waals surface area contributed by atoms with Crippen molar-refractivity contribution in [1.29, 1.82) is 5.26 Å². The topological polar surface area (TPSA) is 59.0 Å². The van der Waals surface area contributed by atoms with Crippen molar-refractivity contribution in [3.8, 4) is 11.8 Å². The normalized spacial score (nSPS) is 11.9. The van der Waals surface area contributed by atoms with E-state index < -0.39 is 6.04 Å². The molecule has 0 aliphatic heterocycles. The molecule has 1 rings (SSSR count). The molecule has 1 aromatic carbocycles. The van der Waals surface area contributed by atoms with Crippen LogP contribution in [0.2, 0.25) is 0 Å². The fourth-order valence-corrected chi connectivity index (χ4v) is 1.48. The van der Waals surface area contributed by atoms with Crippen molar-refractivity contribution in [2.45, 2.75) is 26.3 Å². The molecule has 0 saturated carbocycles. The number of aryl methyl sites for hydroxylation is 2. The third-order valence-corrected chi connectivity index (χ3v) is 2.50. The molecule has 0 fully saturated rings. The van der Waals surface area contributed by atoms with E-state index in [1.54, 1.807) is 7.11 Å². The number of nitrogens with two attached hydrogens (primary N) is 1. The average Bonchev–Trinajstić information content (AvgIpc) is 2.22. The number of hydrogen-bond donors (Lipinski definition) is 1. The van der Waals surface area contributed by atoms with Crippen LogP contribution in [0.4, 0.5) is 0 Å². The molecule has 80 valence electrons. The van der Waals surface area contributed by atoms with Crippen LogP contribution in [0.25, 0.3) is 0 Å². The molecule has 0 aromatic heterocycles. The van der Waals surface area contributed by atoms with E-state index in [1.165, 1.54) is 11.1 Å². The van der Waals surface area contributed by atoms with Crippen LogP contribution in [0.3, 0.4) is 0 Å². The third kappa shape index (κ3) is 2.71. The van der Waals surface area contributed by atoms with Gasteiger partial charge in [-0.3, -0.25) is 0 Å². The Balaban J connectivity index is 3.06. The van der Waals surface area contributed by atoms with Gasteiger partial charge in [0.1, 0.15) is 5.75 Å². The highest BCUT2D eigenvalue weighted by atomic mass is 16.5. The number of rotatable bonds is 3. The van der Waals surface area contributed by atoms with Crippen LogP contribution in [0, 0.1) is 25.2 Å². The summed E-state index contributed by atoms with van der Waals surface area (Å²) in [5.41, 5.74) is 8.97. The molecule has 0 aliphatic carbocycles. The highest BCUT2D eigenvalue weighted by Crippen LogP contribution is 2.23. The molecule has 0 saturated heterocycles. The molecule has 0 radical (unpaired) electrons. The molecule has 3 heteroatoms. The van der Waals surface area contributed by atoms with Crippen LogP contribution >= 0.6 is 0 Å². The van der Waals surface area contributed by atoms with Crippen LogP contribution in [-0.4, -0.2) is 13.2 Å². The Bertz CT molecular complexity index is 393. The molecule has 0 aliphatic rings. The van der Waals surface area contributed by atoms with Gasteiger partial charge in [-0.2, -0.15) is 5.26 Å². The number of nitrogens with zero attached hydrogens (tertiary/aromatic N) is 1. The first-order valence-electron chi connectivity index (χ1n) is 4.87. The van der Waals surface area contributed by atoms with Gasteiger partial charge in [-0.15, -0.1) is 0 Å². The predicted octanol–water partition coefficient (Wildman–Crippen LogP) is 1.71. The Morgan fingerprint density at radius 1 is 1.40 bits per heavy atom. The molecular formula is C12H16N2O. The summed E-state index contributed by atoms with van der Waals surface area (Å²) < 4.78 is 5.26. The van der Waals surface area contributed by atoms with Gasteiger partial charge in [0.15, 0.2) is 0 Å². The fraction of sp³-hybridized carbons (Fsp3) is 0.417. The molecule has 1 unspecified atom stereocenters. The van der Waals surface area contributed by atoms with Gasteiger partial charge in [0.2, 0.25) is 0 Å². The molecule has 0 amide bonds. The standard InChI is InChI=1S/C12H16N2O/c1-8-4-10(6-11(14)7-13)12(15-3)5-9(8)2/h4-5,11H,6,14H2,1-3H3. The molecule has 2 N–H and O–H groups in total. The van der Waals surface area contributed by atoms with Gasteiger partial charge in [0.05, 0.1) is 19.2 Å². The summed E-state index contributed by atoms with van der Waals surface area (Å²) in [5, 5.41) is 8.67. The van der Waals surface area contributed by atoms with Crippen molar-refractivity contribution in [2.24, 2.45) is 5.73 Å². The summed E-state index contributed by atoms with van der Waals surface area (Å²) in [5.74, 6) is 0.809. The third-order valence-electron chi connectivity index (χ3n) is 2.50. The smallest absolute Gasteiger partial charge is 0.122 e. The minimum Gasteiger partial charge on any atom is -0.496 e. The number of nitriles is 1. The average molecular weight is 204 g/mol. The highest BCUT2D eigenvalue weighted by molar-refractivity contribution is 5.42. The Labute approximate surface area is 90.5 Å². The Morgan fingerprint density at radius 2 is 2.00 bits per heavy atom. The van der Waals surface area contributed by atoms with Crippen LogP contribution in [0.15, 0.2) is 12.1 Å². The van der Waals surface area contributed by atoms with E-state index in [0.717, 1.165) is 11.3 Å². The van der Waals surface area contributed by atoms with Crippen LogP contribution in [0.1, 0.15) is 16.7 Å². The van der Waals surface area contributed by atoms with Crippen molar-refractivity contribution in [2.75, 3.05) is 7.11 Å². The lowest BCUT2D eigenvalue weighted by Crippen LogP contribution is -2.20. The summed E-state index contributed by atoms with van der Waals surface area (Å²) in [6.45, 7) is 4.07. The SMILES string of the molecule is COc1cc(C)c(C)cc1CC(N)C#N. The number of benzene rings is 1. The lowest BCUT2D eigenvalue weighted by Gasteiger charge is -2.12. The van der Waals surface area contributed by atoms with Gasteiger partial charge in [-0.25, -0.2) is 0 Å². The molecule has 1 atom stereocenters. The van der Waals surface area contributed by atoms with Crippen molar-refractivity contribution in [3.05, 3.63) is 28.8 Å². The largest absolute Gasteiger partial charge is 0.496 e. The molecule has 0 spiro atoms. The second-order valence-corrected chi connectivity index (χ2v) is 3.69. The van der Waals surface area contributed by atoms with Gasteiger partial charge in [0, 0.05) is 6.42 Å². The molecule has 1 aromatic rings. The molecule has 15 heavy (non-hydrogen) atoms. The molecule has 0 heterocycles. The fourth-order valence-electron chi connectivity index (χ4n) is 1.48. The van der Waals surface area contributed by atoms with Gasteiger partial charge in [-0.1, -0.05) is 6.07 Å². The van der Waals surface area contributed by atoms with E-state index in [-0.39, 0.29) is 0 Å². The van der Waals surface area contributed by atoms with Gasteiger partial charge >= 0.3 is 0 Å². The second kappa shape index (κ2) is 4.81. The maximum Gasteiger partial charge on any atom is 0.122 e. The zero-order valence-electron chi connectivity index (χ0n) is 9.37. The van der Waals surface area contributed by atoms with Crippen molar-refractivity contribution >= 4 is 0 Å².